The maximum atomic E-state index is 13.3. The van der Waals surface area contributed by atoms with Gasteiger partial charge in [-0.25, -0.2) is 0 Å². The summed E-state index contributed by atoms with van der Waals surface area (Å²) in [6.45, 7) is 8.20. The molecule has 6 aliphatic rings. The third kappa shape index (κ3) is 9.92. The first kappa shape index (κ1) is 49.5. The molecule has 13 heteroatoms. The maximum absolute atomic E-state index is 13.3. The predicted octanol–water partition coefficient (Wildman–Crippen LogP) is 9.75. The summed E-state index contributed by atoms with van der Waals surface area (Å²) in [6.07, 6.45) is 14.6. The van der Waals surface area contributed by atoms with Gasteiger partial charge in [0, 0.05) is 120 Å². The highest BCUT2D eigenvalue weighted by Crippen LogP contribution is 2.36. The molecule has 328 valence electrons. The lowest BCUT2D eigenvalue weighted by molar-refractivity contribution is 0.0979. The molecule has 0 radical (unpaired) electrons. The van der Waals surface area contributed by atoms with Gasteiger partial charge >= 0.3 is 0 Å². The van der Waals surface area contributed by atoms with Crippen LogP contribution in [0, 0.1) is 0 Å². The van der Waals surface area contributed by atoms with E-state index >= 15 is 0 Å². The predicted molar refractivity (Wildman–Crippen MR) is 256 cm³/mol. The highest BCUT2D eigenvalue weighted by molar-refractivity contribution is 6.30. The van der Waals surface area contributed by atoms with Crippen LogP contribution in [0.15, 0.2) is 72.8 Å². The molecule has 4 aliphatic heterocycles. The molecule has 0 aromatic heterocycles. The summed E-state index contributed by atoms with van der Waals surface area (Å²) in [4.78, 5) is 62.1. The Morgan fingerprint density at radius 3 is 0.639 bits per heavy atom. The minimum Gasteiger partial charge on any atom is -0.412 e. The summed E-state index contributed by atoms with van der Waals surface area (Å²) in [5.41, 5.74) is 8.71. The van der Waals surface area contributed by atoms with Crippen molar-refractivity contribution in [2.45, 2.75) is 77.0 Å². The minimum absolute atomic E-state index is 0. The zero-order valence-electron chi connectivity index (χ0n) is 34.6. The fourth-order valence-corrected chi connectivity index (χ4v) is 9.65. The van der Waals surface area contributed by atoms with Crippen molar-refractivity contribution in [2.75, 3.05) is 72.0 Å². The van der Waals surface area contributed by atoms with Crippen molar-refractivity contribution >= 4 is 95.5 Å². The Bertz CT molecular complexity index is 1910. The summed E-state index contributed by atoms with van der Waals surface area (Å²) in [5.74, 6) is -0.0791. The number of fused-ring (bicyclic) bond motifs is 4. The van der Waals surface area contributed by atoms with E-state index in [4.69, 9.17) is 0 Å². The van der Waals surface area contributed by atoms with Crippen LogP contribution in [0.1, 0.15) is 141 Å². The molecule has 61 heavy (non-hydrogen) atoms. The summed E-state index contributed by atoms with van der Waals surface area (Å²) < 4.78 is 0. The largest absolute Gasteiger partial charge is 0.412 e. The Balaban J connectivity index is 0.000000248. The Morgan fingerprint density at radius 2 is 0.443 bits per heavy atom. The molecule has 0 spiro atoms. The molecule has 4 aromatic rings. The number of piperidine rings is 4. The third-order valence-electron chi connectivity index (χ3n) is 12.9. The first-order chi connectivity index (χ1) is 27.4. The number of anilines is 4. The lowest BCUT2D eigenvalue weighted by Crippen LogP contribution is -2.31. The quantitative estimate of drug-likeness (QED) is 0.172. The molecule has 4 heterocycles. The number of carbonyl (C=O) groups excluding carboxylic acids is 4. The number of nitrogens with zero attached hydrogens (tertiary/aromatic N) is 4. The lowest BCUT2D eigenvalue weighted by atomic mass is 9.83. The van der Waals surface area contributed by atoms with Gasteiger partial charge in [0.1, 0.15) is 0 Å². The highest BCUT2D eigenvalue weighted by Gasteiger charge is 2.33. The maximum Gasteiger partial charge on any atom is 0.194 e. The molecule has 0 unspecified atom stereocenters. The van der Waals surface area contributed by atoms with E-state index in [1.165, 1.54) is 77.0 Å². The number of carbonyl (C=O) groups is 4. The Labute approximate surface area is 384 Å². The summed E-state index contributed by atoms with van der Waals surface area (Å²) in [7, 11) is 0. The number of halogens is 4. The topological polar surface area (TPSA) is 113 Å². The van der Waals surface area contributed by atoms with Gasteiger partial charge in [-0.15, -0.1) is 49.6 Å². The molecule has 10 rings (SSSR count). The minimum atomic E-state index is -0.0278. The van der Waals surface area contributed by atoms with Crippen molar-refractivity contribution < 1.29 is 24.7 Å². The second-order valence-corrected chi connectivity index (χ2v) is 16.4. The summed E-state index contributed by atoms with van der Waals surface area (Å²) in [6, 6.07) is 23.2. The van der Waals surface area contributed by atoms with E-state index in [1.54, 1.807) is 0 Å². The molecule has 4 saturated heterocycles. The molecule has 0 amide bonds. The molecular formula is C48H58Cl4N4O5. The van der Waals surface area contributed by atoms with Crippen molar-refractivity contribution in [3.05, 3.63) is 117 Å². The Morgan fingerprint density at radius 1 is 0.262 bits per heavy atom. The molecule has 2 aliphatic carbocycles. The molecule has 4 fully saturated rings. The van der Waals surface area contributed by atoms with Gasteiger partial charge in [-0.05, 0) is 150 Å². The molecule has 2 N–H and O–H groups in total. The number of ketones is 4. The zero-order valence-corrected chi connectivity index (χ0v) is 37.9. The van der Waals surface area contributed by atoms with E-state index in [1.807, 2.05) is 72.8 Å². The van der Waals surface area contributed by atoms with E-state index in [-0.39, 0.29) is 78.2 Å². The second-order valence-electron chi connectivity index (χ2n) is 16.4. The van der Waals surface area contributed by atoms with E-state index in [2.05, 4.69) is 19.6 Å². The van der Waals surface area contributed by atoms with Gasteiger partial charge in [0.25, 0.3) is 0 Å². The molecule has 0 bridgehead atoms. The molecule has 0 atom stereocenters. The van der Waals surface area contributed by atoms with E-state index in [0.29, 0.717) is 44.5 Å². The van der Waals surface area contributed by atoms with Crippen molar-refractivity contribution in [1.29, 1.82) is 0 Å². The van der Waals surface area contributed by atoms with Crippen LogP contribution < -0.4 is 19.6 Å². The third-order valence-corrected chi connectivity index (χ3v) is 12.9. The number of hydrogen-bond acceptors (Lipinski definition) is 8. The van der Waals surface area contributed by atoms with Gasteiger partial charge in [-0.2, -0.15) is 0 Å². The van der Waals surface area contributed by atoms with Gasteiger partial charge in [0.15, 0.2) is 23.1 Å². The lowest BCUT2D eigenvalue weighted by Gasteiger charge is -2.31. The fourth-order valence-electron chi connectivity index (χ4n) is 9.65. The number of hydrogen-bond donors (Lipinski definition) is 0. The Kier molecular flexibility index (Phi) is 17.7. The van der Waals surface area contributed by atoms with Crippen LogP contribution in [0.3, 0.4) is 0 Å². The highest BCUT2D eigenvalue weighted by atomic mass is 35.5. The summed E-state index contributed by atoms with van der Waals surface area (Å²) in [5, 5.41) is 0. The molecule has 4 aromatic carbocycles. The average molecular weight is 913 g/mol. The van der Waals surface area contributed by atoms with Gasteiger partial charge < -0.3 is 25.1 Å². The average Bonchev–Trinajstić information content (AvgIpc) is 3.28. The van der Waals surface area contributed by atoms with Crippen LogP contribution >= 0.6 is 49.6 Å². The van der Waals surface area contributed by atoms with Crippen molar-refractivity contribution in [3.8, 4) is 0 Å². The van der Waals surface area contributed by atoms with Gasteiger partial charge in [-0.1, -0.05) is 0 Å². The standard InChI is InChI=1S/2C24H26N2O2.4ClH.H2O/c2*27-23-19-9-7-17(25-11-3-1-4-12-25)15-21(19)24(28)22-16-18(8-10-20(22)23)26-13-5-2-6-14-26;;;;;/h2*7-10,15-16H,1-6,11-14H2;4*1H;1H2. The normalized spacial score (nSPS) is 17.8. The van der Waals surface area contributed by atoms with E-state index in [9.17, 15) is 19.2 Å². The fraction of sp³-hybridized carbons (Fsp3) is 0.417. The van der Waals surface area contributed by atoms with Gasteiger partial charge in [0.05, 0.1) is 0 Å². The smallest absolute Gasteiger partial charge is 0.194 e. The van der Waals surface area contributed by atoms with Crippen molar-refractivity contribution in [1.82, 2.24) is 0 Å². The van der Waals surface area contributed by atoms with E-state index in [0.717, 1.165) is 75.1 Å². The Hall–Kier alpha value is -4.12. The number of benzene rings is 4. The van der Waals surface area contributed by atoms with Crippen molar-refractivity contribution in [3.63, 3.8) is 0 Å². The zero-order chi connectivity index (χ0) is 38.2. The number of rotatable bonds is 4. The van der Waals surface area contributed by atoms with Crippen LogP contribution in [-0.4, -0.2) is 81.0 Å². The molecular weight excluding hydrogens is 854 g/mol. The monoisotopic (exact) mass is 910 g/mol. The summed E-state index contributed by atoms with van der Waals surface area (Å²) >= 11 is 0. The van der Waals surface area contributed by atoms with Crippen LogP contribution in [0.25, 0.3) is 0 Å². The SMILES string of the molecule is Cl.Cl.Cl.Cl.O.O=C1c2ccc(N3CCCCC3)cc2C(=O)c2cc(N3CCCCC3)ccc21.O=C1c2ccc(N3CCCCC3)cc2C(=O)c2cc(N3CCCCC3)ccc21. The van der Waals surface area contributed by atoms with Crippen molar-refractivity contribution in [2.24, 2.45) is 0 Å². The van der Waals surface area contributed by atoms with Crippen LogP contribution in [0.5, 0.6) is 0 Å². The molecule has 0 saturated carbocycles. The van der Waals surface area contributed by atoms with E-state index < -0.39 is 0 Å². The van der Waals surface area contributed by atoms with Crippen LogP contribution in [0.4, 0.5) is 22.7 Å². The van der Waals surface area contributed by atoms with Gasteiger partial charge in [0.2, 0.25) is 0 Å². The first-order valence-corrected chi connectivity index (χ1v) is 21.2. The van der Waals surface area contributed by atoms with Crippen LogP contribution in [-0.2, 0) is 0 Å². The van der Waals surface area contributed by atoms with Crippen LogP contribution in [0.2, 0.25) is 0 Å². The first-order valence-electron chi connectivity index (χ1n) is 21.2. The second kappa shape index (κ2) is 21.8. The molecule has 9 nitrogen and oxygen atoms in total. The van der Waals surface area contributed by atoms with Gasteiger partial charge in [-0.3, -0.25) is 19.2 Å².